The second kappa shape index (κ2) is 10.3. The van der Waals surface area contributed by atoms with E-state index in [1.54, 1.807) is 29.2 Å². The van der Waals surface area contributed by atoms with Crippen molar-refractivity contribution in [2.75, 3.05) is 13.1 Å². The molecule has 1 aromatic heterocycles. The summed E-state index contributed by atoms with van der Waals surface area (Å²) < 4.78 is 81.0. The monoisotopic (exact) mass is 582 g/mol. The number of aliphatic imine (C=N–C) groups is 1. The number of hydrogen-bond donors (Lipinski definition) is 1. The Bertz CT molecular complexity index is 1560. The molecule has 1 N–H and O–H groups in total. The molecule has 0 bridgehead atoms. The van der Waals surface area contributed by atoms with Gasteiger partial charge < -0.3 is 10.0 Å². The molecule has 0 spiro atoms. The molecule has 0 saturated carbocycles. The minimum atomic E-state index is -4.99. The number of amides is 1. The summed E-state index contributed by atoms with van der Waals surface area (Å²) in [4.78, 5) is 30.1. The highest BCUT2D eigenvalue weighted by Crippen LogP contribution is 2.38. The summed E-state index contributed by atoms with van der Waals surface area (Å²) in [5.41, 5.74) is -2.09. The molecule has 0 aliphatic carbocycles. The maximum atomic E-state index is 13.6. The number of carbonyl (C=O) groups excluding carboxylic acids is 1. The predicted molar refractivity (Wildman–Crippen MR) is 135 cm³/mol. The van der Waals surface area contributed by atoms with Crippen LogP contribution >= 0.6 is 11.8 Å². The first-order valence-corrected chi connectivity index (χ1v) is 12.8. The smallest absolute Gasteiger partial charge is 0.416 e. The van der Waals surface area contributed by atoms with E-state index in [-0.39, 0.29) is 18.2 Å². The van der Waals surface area contributed by atoms with Crippen LogP contribution in [-0.4, -0.2) is 49.9 Å². The van der Waals surface area contributed by atoms with E-state index < -0.39 is 47.8 Å². The molecule has 2 aromatic carbocycles. The molecule has 7 nitrogen and oxygen atoms in total. The van der Waals surface area contributed by atoms with E-state index in [0.29, 0.717) is 52.0 Å². The van der Waals surface area contributed by atoms with Gasteiger partial charge in [-0.15, -0.1) is 0 Å². The van der Waals surface area contributed by atoms with Crippen LogP contribution in [0, 0.1) is 5.92 Å². The third kappa shape index (κ3) is 5.71. The van der Waals surface area contributed by atoms with E-state index in [1.807, 2.05) is 0 Å². The van der Waals surface area contributed by atoms with Crippen LogP contribution in [0.3, 0.4) is 0 Å². The molecule has 0 radical (unpaired) electrons. The SMILES string of the molecule is O=C1N=C(N2CCC[C@H](C(=O)O)C2)SC1=Cc1ccc2c(cnn2Cc2ccc(C(F)(F)F)cc2C(F)(F)F)c1. The first-order chi connectivity index (χ1) is 18.8. The minimum absolute atomic E-state index is 0.101. The van der Waals surface area contributed by atoms with Crippen LogP contribution < -0.4 is 0 Å². The Kier molecular flexibility index (Phi) is 7.15. The lowest BCUT2D eigenvalue weighted by molar-refractivity contribution is -0.144. The van der Waals surface area contributed by atoms with Gasteiger partial charge in [0.25, 0.3) is 5.91 Å². The number of halogens is 6. The molecular formula is C26H20F6N4O3S. The molecule has 1 saturated heterocycles. The number of amidine groups is 1. The second-order valence-corrected chi connectivity index (χ2v) is 10.4. The van der Waals surface area contributed by atoms with Gasteiger partial charge in [0, 0.05) is 18.5 Å². The highest BCUT2D eigenvalue weighted by Gasteiger charge is 2.38. The Balaban J connectivity index is 1.36. The van der Waals surface area contributed by atoms with Crippen LogP contribution in [0.15, 0.2) is 52.5 Å². The summed E-state index contributed by atoms with van der Waals surface area (Å²) in [7, 11) is 0. The lowest BCUT2D eigenvalue weighted by atomic mass is 9.99. The predicted octanol–water partition coefficient (Wildman–Crippen LogP) is 5.89. The lowest BCUT2D eigenvalue weighted by Gasteiger charge is -2.31. The Labute approximate surface area is 227 Å². The zero-order chi connectivity index (χ0) is 28.8. The summed E-state index contributed by atoms with van der Waals surface area (Å²) >= 11 is 1.14. The lowest BCUT2D eigenvalue weighted by Crippen LogP contribution is -2.40. The summed E-state index contributed by atoms with van der Waals surface area (Å²) in [6.45, 7) is 0.452. The molecule has 3 heterocycles. The third-order valence-corrected chi connectivity index (χ3v) is 7.72. The number of likely N-dealkylation sites (tertiary alicyclic amines) is 1. The molecular weight excluding hydrogens is 562 g/mol. The molecule has 0 unspecified atom stereocenters. The van der Waals surface area contributed by atoms with E-state index in [0.717, 1.165) is 17.8 Å². The molecule has 1 fully saturated rings. The Morgan fingerprint density at radius 3 is 2.58 bits per heavy atom. The van der Waals surface area contributed by atoms with Gasteiger partial charge in [0.05, 0.1) is 40.2 Å². The number of rotatable bonds is 4. The summed E-state index contributed by atoms with van der Waals surface area (Å²) in [6, 6.07) is 6.43. The number of benzene rings is 2. The quantitative estimate of drug-likeness (QED) is 0.305. The zero-order valence-corrected chi connectivity index (χ0v) is 21.3. The van der Waals surface area contributed by atoms with Crippen molar-refractivity contribution in [1.82, 2.24) is 14.7 Å². The fourth-order valence-electron chi connectivity index (χ4n) is 4.67. The largest absolute Gasteiger partial charge is 0.481 e. The van der Waals surface area contributed by atoms with E-state index >= 15 is 0 Å². The maximum Gasteiger partial charge on any atom is 0.416 e. The van der Waals surface area contributed by atoms with Crippen molar-refractivity contribution >= 4 is 45.8 Å². The molecule has 40 heavy (non-hydrogen) atoms. The van der Waals surface area contributed by atoms with E-state index in [4.69, 9.17) is 0 Å². The number of aromatic nitrogens is 2. The highest BCUT2D eigenvalue weighted by atomic mass is 32.2. The number of alkyl halides is 6. The molecule has 5 rings (SSSR count). The van der Waals surface area contributed by atoms with Crippen molar-refractivity contribution in [3.05, 3.63) is 69.8 Å². The van der Waals surface area contributed by atoms with Crippen molar-refractivity contribution < 1.29 is 41.0 Å². The van der Waals surface area contributed by atoms with Gasteiger partial charge in [-0.3, -0.25) is 14.3 Å². The molecule has 1 amide bonds. The van der Waals surface area contributed by atoms with Gasteiger partial charge in [-0.1, -0.05) is 12.1 Å². The molecule has 210 valence electrons. The van der Waals surface area contributed by atoms with Crippen LogP contribution in [0.5, 0.6) is 0 Å². The average Bonchev–Trinajstić information content (AvgIpc) is 3.45. The topological polar surface area (TPSA) is 87.8 Å². The zero-order valence-electron chi connectivity index (χ0n) is 20.5. The van der Waals surface area contributed by atoms with E-state index in [9.17, 15) is 41.0 Å². The Hall–Kier alpha value is -3.81. The average molecular weight is 583 g/mol. The van der Waals surface area contributed by atoms with E-state index in [2.05, 4.69) is 10.1 Å². The minimum Gasteiger partial charge on any atom is -0.481 e. The fourth-order valence-corrected chi connectivity index (χ4v) is 5.62. The normalized spacial score (nSPS) is 19.5. The molecule has 2 aliphatic heterocycles. The van der Waals surface area contributed by atoms with Gasteiger partial charge in [0.15, 0.2) is 5.17 Å². The van der Waals surface area contributed by atoms with E-state index in [1.165, 1.54) is 10.9 Å². The van der Waals surface area contributed by atoms with Crippen LogP contribution in [0.2, 0.25) is 0 Å². The van der Waals surface area contributed by atoms with Crippen molar-refractivity contribution in [2.24, 2.45) is 10.9 Å². The third-order valence-electron chi connectivity index (χ3n) is 6.68. The molecule has 14 heteroatoms. The van der Waals surface area contributed by atoms with Gasteiger partial charge in [-0.05, 0) is 66.1 Å². The van der Waals surface area contributed by atoms with Crippen LogP contribution in [0.25, 0.3) is 17.0 Å². The number of carbonyl (C=O) groups is 2. The number of carboxylic acid groups (broad SMARTS) is 1. The summed E-state index contributed by atoms with van der Waals surface area (Å²) in [6.07, 6.45) is -5.66. The number of piperidine rings is 1. The first kappa shape index (κ1) is 27.7. The molecule has 2 aliphatic rings. The maximum absolute atomic E-state index is 13.6. The number of thioether (sulfide) groups is 1. The standard InChI is InChI=1S/C26H20F6N4O3S/c27-25(28,29)18-5-4-15(19(10-18)26(30,31)32)13-36-20-6-3-14(8-17(20)11-33-36)9-21-22(37)34-24(40-21)35-7-1-2-16(12-35)23(38)39/h3-6,8-11,16H,1-2,7,12-13H2,(H,38,39)/t16-/m0/s1. The van der Waals surface area contributed by atoms with Gasteiger partial charge in [-0.2, -0.15) is 36.4 Å². The van der Waals surface area contributed by atoms with Crippen molar-refractivity contribution in [1.29, 1.82) is 0 Å². The first-order valence-electron chi connectivity index (χ1n) is 12.0. The number of hydrogen-bond acceptors (Lipinski definition) is 5. The van der Waals surface area contributed by atoms with Gasteiger partial charge in [0.2, 0.25) is 0 Å². The summed E-state index contributed by atoms with van der Waals surface area (Å²) in [5, 5.41) is 14.4. The Morgan fingerprint density at radius 2 is 1.88 bits per heavy atom. The second-order valence-electron chi connectivity index (χ2n) is 9.42. The Morgan fingerprint density at radius 1 is 1.10 bits per heavy atom. The number of aliphatic carboxylic acids is 1. The van der Waals surface area contributed by atoms with Crippen LogP contribution in [0.4, 0.5) is 26.3 Å². The highest BCUT2D eigenvalue weighted by molar-refractivity contribution is 8.18. The number of fused-ring (bicyclic) bond motifs is 1. The number of carboxylic acids is 1. The van der Waals surface area contributed by atoms with Crippen molar-refractivity contribution in [3.8, 4) is 0 Å². The van der Waals surface area contributed by atoms with Crippen LogP contribution in [0.1, 0.15) is 35.1 Å². The van der Waals surface area contributed by atoms with Gasteiger partial charge in [0.1, 0.15) is 0 Å². The number of nitrogens with zero attached hydrogens (tertiary/aromatic N) is 4. The summed E-state index contributed by atoms with van der Waals surface area (Å²) in [5.74, 6) is -1.89. The van der Waals surface area contributed by atoms with Gasteiger partial charge in [-0.25, -0.2) is 0 Å². The molecule has 1 atom stereocenters. The van der Waals surface area contributed by atoms with Crippen molar-refractivity contribution in [2.45, 2.75) is 31.7 Å². The fraction of sp³-hybridized carbons (Fsp3) is 0.308. The molecule has 3 aromatic rings. The van der Waals surface area contributed by atoms with Crippen molar-refractivity contribution in [3.63, 3.8) is 0 Å². The van der Waals surface area contributed by atoms with Crippen LogP contribution in [-0.2, 0) is 28.5 Å². The van der Waals surface area contributed by atoms with Gasteiger partial charge >= 0.3 is 18.3 Å².